The quantitative estimate of drug-likeness (QED) is 0.658. The summed E-state index contributed by atoms with van der Waals surface area (Å²) in [6.07, 6.45) is 5.19. The van der Waals surface area contributed by atoms with Gasteiger partial charge < -0.3 is 0 Å². The zero-order valence-electron chi connectivity index (χ0n) is 10.2. The molecule has 0 spiro atoms. The van der Waals surface area contributed by atoms with E-state index in [9.17, 15) is 5.26 Å². The maximum Gasteiger partial charge on any atom is 0.135 e. The van der Waals surface area contributed by atoms with Crippen LogP contribution in [0.4, 0.5) is 0 Å². The molecule has 5 heteroatoms. The lowest BCUT2D eigenvalue weighted by atomic mass is 10.2. The summed E-state index contributed by atoms with van der Waals surface area (Å²) in [4.78, 5) is 8.50. The summed E-state index contributed by atoms with van der Waals surface area (Å²) in [6.45, 7) is 0. The summed E-state index contributed by atoms with van der Waals surface area (Å²) in [6, 6.07) is 11.5. The number of fused-ring (bicyclic) bond motifs is 1. The monoisotopic (exact) mass is 297 g/mol. The zero-order chi connectivity index (χ0) is 13.9. The predicted octanol–water partition coefficient (Wildman–Crippen LogP) is 4.41. The normalized spacial score (nSPS) is 11.5. The Labute approximate surface area is 124 Å². The lowest BCUT2D eigenvalue weighted by Gasteiger charge is -1.93. The van der Waals surface area contributed by atoms with Crippen LogP contribution in [0.1, 0.15) is 10.6 Å². The van der Waals surface area contributed by atoms with Gasteiger partial charge in [-0.1, -0.05) is 17.7 Å². The first-order chi connectivity index (χ1) is 9.76. The van der Waals surface area contributed by atoms with Crippen molar-refractivity contribution in [2.24, 2.45) is 0 Å². The number of nitriles is 1. The number of aromatic nitrogens is 2. The SMILES string of the molecule is N#C/C(=C/c1cccnc1)c1nc2cc(Cl)ccc2s1. The van der Waals surface area contributed by atoms with Crippen LogP contribution in [0.3, 0.4) is 0 Å². The van der Waals surface area contributed by atoms with Gasteiger partial charge in [-0.15, -0.1) is 11.3 Å². The molecule has 2 heterocycles. The fourth-order valence-electron chi connectivity index (χ4n) is 1.79. The van der Waals surface area contributed by atoms with Crippen LogP contribution in [-0.2, 0) is 0 Å². The van der Waals surface area contributed by atoms with E-state index >= 15 is 0 Å². The first kappa shape index (κ1) is 12.8. The fraction of sp³-hybridized carbons (Fsp3) is 0. The smallest absolute Gasteiger partial charge is 0.135 e. The van der Waals surface area contributed by atoms with E-state index in [1.165, 1.54) is 11.3 Å². The molecule has 0 unspecified atom stereocenters. The Bertz CT molecular complexity index is 831. The third kappa shape index (κ3) is 2.55. The van der Waals surface area contributed by atoms with Crippen molar-refractivity contribution >= 4 is 44.8 Å². The third-order valence-corrected chi connectivity index (χ3v) is 4.00. The molecule has 0 atom stereocenters. The van der Waals surface area contributed by atoms with Gasteiger partial charge in [0.1, 0.15) is 11.1 Å². The summed E-state index contributed by atoms with van der Waals surface area (Å²) < 4.78 is 1.01. The molecular formula is C15H8ClN3S. The van der Waals surface area contributed by atoms with Gasteiger partial charge in [0.05, 0.1) is 15.8 Å². The van der Waals surface area contributed by atoms with E-state index in [4.69, 9.17) is 11.6 Å². The molecule has 3 aromatic rings. The van der Waals surface area contributed by atoms with E-state index in [0.29, 0.717) is 15.6 Å². The molecule has 3 nitrogen and oxygen atoms in total. The highest BCUT2D eigenvalue weighted by atomic mass is 35.5. The molecule has 0 saturated heterocycles. The summed E-state index contributed by atoms with van der Waals surface area (Å²) in [5.74, 6) is 0. The van der Waals surface area contributed by atoms with Gasteiger partial charge in [-0.25, -0.2) is 4.98 Å². The Morgan fingerprint density at radius 2 is 2.25 bits per heavy atom. The largest absolute Gasteiger partial charge is 0.264 e. The van der Waals surface area contributed by atoms with Crippen molar-refractivity contribution in [3.8, 4) is 6.07 Å². The van der Waals surface area contributed by atoms with Crippen molar-refractivity contribution in [1.29, 1.82) is 5.26 Å². The molecule has 2 aromatic heterocycles. The van der Waals surface area contributed by atoms with Crippen molar-refractivity contribution in [2.75, 3.05) is 0 Å². The maximum absolute atomic E-state index is 9.32. The summed E-state index contributed by atoms with van der Waals surface area (Å²) in [7, 11) is 0. The molecule has 0 saturated carbocycles. The van der Waals surface area contributed by atoms with Crippen LogP contribution in [0.2, 0.25) is 5.02 Å². The van der Waals surface area contributed by atoms with Gasteiger partial charge in [0, 0.05) is 17.4 Å². The van der Waals surface area contributed by atoms with Crippen LogP contribution in [0.15, 0.2) is 42.7 Å². The topological polar surface area (TPSA) is 49.6 Å². The Morgan fingerprint density at radius 1 is 1.35 bits per heavy atom. The minimum atomic E-state index is 0.523. The molecule has 0 aliphatic heterocycles. The van der Waals surface area contributed by atoms with Crippen LogP contribution in [-0.4, -0.2) is 9.97 Å². The van der Waals surface area contributed by atoms with Crippen molar-refractivity contribution in [1.82, 2.24) is 9.97 Å². The average molecular weight is 298 g/mol. The van der Waals surface area contributed by atoms with Crippen LogP contribution in [0.25, 0.3) is 21.9 Å². The fourth-order valence-corrected chi connectivity index (χ4v) is 2.86. The second-order valence-electron chi connectivity index (χ2n) is 4.09. The number of nitrogens with zero attached hydrogens (tertiary/aromatic N) is 3. The van der Waals surface area contributed by atoms with Gasteiger partial charge in [0.25, 0.3) is 0 Å². The summed E-state index contributed by atoms with van der Waals surface area (Å²) in [5.41, 5.74) is 2.21. The Kier molecular flexibility index (Phi) is 3.46. The van der Waals surface area contributed by atoms with E-state index in [1.807, 2.05) is 24.3 Å². The van der Waals surface area contributed by atoms with E-state index < -0.39 is 0 Å². The number of thiazole rings is 1. The van der Waals surface area contributed by atoms with Crippen molar-refractivity contribution in [3.05, 3.63) is 58.3 Å². The number of hydrogen-bond acceptors (Lipinski definition) is 4. The molecular weight excluding hydrogens is 290 g/mol. The van der Waals surface area contributed by atoms with Crippen molar-refractivity contribution < 1.29 is 0 Å². The molecule has 0 aliphatic rings. The second kappa shape index (κ2) is 5.41. The third-order valence-electron chi connectivity index (χ3n) is 2.70. The minimum absolute atomic E-state index is 0.523. The van der Waals surface area contributed by atoms with Gasteiger partial charge in [-0.05, 0) is 35.9 Å². The summed E-state index contributed by atoms with van der Waals surface area (Å²) >= 11 is 7.42. The van der Waals surface area contributed by atoms with Gasteiger partial charge >= 0.3 is 0 Å². The number of pyridine rings is 1. The van der Waals surface area contributed by atoms with Crippen LogP contribution < -0.4 is 0 Å². The molecule has 0 N–H and O–H groups in total. The standard InChI is InChI=1S/C15H8ClN3S/c16-12-3-4-14-13(7-12)19-15(20-14)11(8-17)6-10-2-1-5-18-9-10/h1-7,9H/b11-6-. The number of hydrogen-bond donors (Lipinski definition) is 0. The first-order valence-corrected chi connectivity index (χ1v) is 7.04. The number of allylic oxidation sites excluding steroid dienone is 1. The number of rotatable bonds is 2. The molecule has 1 aromatic carbocycles. The molecule has 96 valence electrons. The minimum Gasteiger partial charge on any atom is -0.264 e. The molecule has 0 fully saturated rings. The predicted molar refractivity (Wildman–Crippen MR) is 82.4 cm³/mol. The highest BCUT2D eigenvalue weighted by Crippen LogP contribution is 2.29. The number of benzene rings is 1. The van der Waals surface area contributed by atoms with E-state index in [2.05, 4.69) is 16.0 Å². The van der Waals surface area contributed by atoms with Gasteiger partial charge in [0.2, 0.25) is 0 Å². The van der Waals surface area contributed by atoms with Crippen molar-refractivity contribution in [2.45, 2.75) is 0 Å². The zero-order valence-corrected chi connectivity index (χ0v) is 11.8. The molecule has 0 radical (unpaired) electrons. The second-order valence-corrected chi connectivity index (χ2v) is 5.55. The lowest BCUT2D eigenvalue weighted by molar-refractivity contribution is 1.32. The highest BCUT2D eigenvalue weighted by molar-refractivity contribution is 7.19. The van der Waals surface area contributed by atoms with Gasteiger partial charge in [-0.3, -0.25) is 4.98 Å². The summed E-state index contributed by atoms with van der Waals surface area (Å²) in [5, 5.41) is 10.7. The maximum atomic E-state index is 9.32. The van der Waals surface area contributed by atoms with Gasteiger partial charge in [0.15, 0.2) is 0 Å². The molecule has 0 bridgehead atoms. The Balaban J connectivity index is 2.08. The number of halogens is 1. The average Bonchev–Trinajstić information content (AvgIpc) is 2.88. The Hall–Kier alpha value is -2.22. The molecule has 20 heavy (non-hydrogen) atoms. The van der Waals surface area contributed by atoms with E-state index in [1.54, 1.807) is 24.5 Å². The first-order valence-electron chi connectivity index (χ1n) is 5.84. The van der Waals surface area contributed by atoms with Gasteiger partial charge in [-0.2, -0.15) is 5.26 Å². The van der Waals surface area contributed by atoms with Crippen molar-refractivity contribution in [3.63, 3.8) is 0 Å². The lowest BCUT2D eigenvalue weighted by Crippen LogP contribution is -1.81. The molecule has 0 amide bonds. The molecule has 3 rings (SSSR count). The molecule has 0 aliphatic carbocycles. The highest BCUT2D eigenvalue weighted by Gasteiger charge is 2.09. The van der Waals surface area contributed by atoms with Crippen LogP contribution >= 0.6 is 22.9 Å². The van der Waals surface area contributed by atoms with E-state index in [-0.39, 0.29) is 0 Å². The van der Waals surface area contributed by atoms with Crippen LogP contribution in [0.5, 0.6) is 0 Å². The Morgan fingerprint density at radius 3 is 3.00 bits per heavy atom. The van der Waals surface area contributed by atoms with E-state index in [0.717, 1.165) is 15.8 Å². The van der Waals surface area contributed by atoms with Crippen LogP contribution in [0, 0.1) is 11.3 Å².